The Balaban J connectivity index is 0.00000180. The summed E-state index contributed by atoms with van der Waals surface area (Å²) in [4.78, 5) is 25.6. The maximum Gasteiger partial charge on any atom is 0.254 e. The van der Waals surface area contributed by atoms with Gasteiger partial charge in [-0.1, -0.05) is 6.07 Å². The molecule has 1 aliphatic heterocycles. The number of nitrogens with one attached hydrogen (secondary N) is 1. The minimum absolute atomic E-state index is 0. The highest BCUT2D eigenvalue weighted by Crippen LogP contribution is 2.17. The van der Waals surface area contributed by atoms with Crippen molar-refractivity contribution in [1.29, 1.82) is 0 Å². The van der Waals surface area contributed by atoms with E-state index in [-0.39, 0.29) is 24.2 Å². The van der Waals surface area contributed by atoms with Crippen molar-refractivity contribution in [1.82, 2.24) is 10.2 Å². The van der Waals surface area contributed by atoms with E-state index in [0.29, 0.717) is 24.3 Å². The monoisotopic (exact) mass is 283 g/mol. The first kappa shape index (κ1) is 15.3. The predicted octanol–water partition coefficient (Wildman–Crippen LogP) is 0.960. The molecule has 0 saturated carbocycles. The average Bonchev–Trinajstić information content (AvgIpc) is 2.35. The third-order valence-corrected chi connectivity index (χ3v) is 3.25. The number of anilines is 1. The van der Waals surface area contributed by atoms with Crippen LogP contribution in [0.5, 0.6) is 0 Å². The molecule has 1 saturated heterocycles. The molecule has 6 heteroatoms. The molecule has 0 bridgehead atoms. The SMILES string of the molecule is Cc1ccc(N)cc1C(=O)N1CCNC(=O)C1C.Cl. The zero-order valence-corrected chi connectivity index (χ0v) is 11.8. The zero-order valence-electron chi connectivity index (χ0n) is 11.0. The van der Waals surface area contributed by atoms with Crippen LogP contribution in [0, 0.1) is 6.92 Å². The number of carbonyl (C=O) groups excluding carboxylic acids is 2. The number of halogens is 1. The molecule has 0 aliphatic carbocycles. The standard InChI is InChI=1S/C13H17N3O2.ClH/c1-8-3-4-10(14)7-11(8)13(18)16-6-5-15-12(17)9(16)2;/h3-4,7,9H,5-6,14H2,1-2H3,(H,15,17);1H. The van der Waals surface area contributed by atoms with Gasteiger partial charge in [0.2, 0.25) is 5.91 Å². The van der Waals surface area contributed by atoms with Gasteiger partial charge in [0.1, 0.15) is 6.04 Å². The van der Waals surface area contributed by atoms with Gasteiger partial charge in [-0.05, 0) is 31.5 Å². The summed E-state index contributed by atoms with van der Waals surface area (Å²) < 4.78 is 0. The Bertz CT molecular complexity index is 505. The average molecular weight is 284 g/mol. The van der Waals surface area contributed by atoms with E-state index in [9.17, 15) is 9.59 Å². The Labute approximate surface area is 118 Å². The van der Waals surface area contributed by atoms with Gasteiger partial charge in [0, 0.05) is 24.3 Å². The fourth-order valence-electron chi connectivity index (χ4n) is 2.08. The second-order valence-electron chi connectivity index (χ2n) is 4.54. The number of amides is 2. The molecule has 19 heavy (non-hydrogen) atoms. The van der Waals surface area contributed by atoms with Gasteiger partial charge in [-0.3, -0.25) is 9.59 Å². The summed E-state index contributed by atoms with van der Waals surface area (Å²) in [6.45, 7) is 4.62. The number of nitrogens with zero attached hydrogens (tertiary/aromatic N) is 1. The first-order valence-electron chi connectivity index (χ1n) is 5.95. The summed E-state index contributed by atoms with van der Waals surface area (Å²) in [5, 5.41) is 2.74. The van der Waals surface area contributed by atoms with E-state index in [4.69, 9.17) is 5.73 Å². The Morgan fingerprint density at radius 2 is 2.16 bits per heavy atom. The first-order valence-corrected chi connectivity index (χ1v) is 5.95. The largest absolute Gasteiger partial charge is 0.399 e. The summed E-state index contributed by atoms with van der Waals surface area (Å²) in [5.74, 6) is -0.252. The molecule has 2 amide bonds. The van der Waals surface area contributed by atoms with Crippen LogP contribution < -0.4 is 11.1 Å². The number of aryl methyl sites for hydroxylation is 1. The Morgan fingerprint density at radius 3 is 2.84 bits per heavy atom. The Kier molecular flexibility index (Phi) is 4.78. The predicted molar refractivity (Wildman–Crippen MR) is 76.3 cm³/mol. The summed E-state index contributed by atoms with van der Waals surface area (Å²) in [7, 11) is 0. The van der Waals surface area contributed by atoms with E-state index in [1.807, 2.05) is 13.0 Å². The van der Waals surface area contributed by atoms with Crippen molar-refractivity contribution in [3.63, 3.8) is 0 Å². The Hall–Kier alpha value is -1.75. The molecule has 0 radical (unpaired) electrons. The molecule has 3 N–H and O–H groups in total. The maximum absolute atomic E-state index is 12.4. The van der Waals surface area contributed by atoms with Crippen LogP contribution in [0.25, 0.3) is 0 Å². The van der Waals surface area contributed by atoms with Crippen molar-refractivity contribution in [2.45, 2.75) is 19.9 Å². The van der Waals surface area contributed by atoms with E-state index < -0.39 is 6.04 Å². The maximum atomic E-state index is 12.4. The molecule has 1 heterocycles. The molecule has 1 aromatic rings. The summed E-state index contributed by atoms with van der Waals surface area (Å²) in [6, 6.07) is 4.80. The van der Waals surface area contributed by atoms with Gasteiger partial charge in [0.05, 0.1) is 0 Å². The highest BCUT2D eigenvalue weighted by Gasteiger charge is 2.30. The smallest absolute Gasteiger partial charge is 0.254 e. The summed E-state index contributed by atoms with van der Waals surface area (Å²) in [5.41, 5.74) is 7.69. The molecule has 1 atom stereocenters. The molecular weight excluding hydrogens is 266 g/mol. The molecule has 2 rings (SSSR count). The van der Waals surface area contributed by atoms with Crippen molar-refractivity contribution < 1.29 is 9.59 Å². The van der Waals surface area contributed by atoms with E-state index in [1.165, 1.54) is 0 Å². The normalized spacial score (nSPS) is 18.5. The van der Waals surface area contributed by atoms with Crippen molar-refractivity contribution in [3.05, 3.63) is 29.3 Å². The number of nitrogen functional groups attached to an aromatic ring is 1. The molecule has 1 unspecified atom stereocenters. The van der Waals surface area contributed by atoms with Crippen molar-refractivity contribution >= 4 is 29.9 Å². The Morgan fingerprint density at radius 1 is 1.47 bits per heavy atom. The van der Waals surface area contributed by atoms with Gasteiger partial charge in [0.25, 0.3) is 5.91 Å². The molecule has 0 spiro atoms. The lowest BCUT2D eigenvalue weighted by Crippen LogP contribution is -2.55. The van der Waals surface area contributed by atoms with Gasteiger partial charge >= 0.3 is 0 Å². The summed E-state index contributed by atoms with van der Waals surface area (Å²) >= 11 is 0. The minimum Gasteiger partial charge on any atom is -0.399 e. The lowest BCUT2D eigenvalue weighted by atomic mass is 10.0. The topological polar surface area (TPSA) is 75.4 Å². The second kappa shape index (κ2) is 5.93. The second-order valence-corrected chi connectivity index (χ2v) is 4.54. The van der Waals surface area contributed by atoms with Crippen LogP contribution in [-0.2, 0) is 4.79 Å². The molecule has 1 aliphatic rings. The molecule has 1 fully saturated rings. The third-order valence-electron chi connectivity index (χ3n) is 3.25. The van der Waals surface area contributed by atoms with Crippen LogP contribution in [-0.4, -0.2) is 35.8 Å². The van der Waals surface area contributed by atoms with Gasteiger partial charge in [-0.25, -0.2) is 0 Å². The summed E-state index contributed by atoms with van der Waals surface area (Å²) in [6.07, 6.45) is 0. The van der Waals surface area contributed by atoms with Crippen LogP contribution in [0.2, 0.25) is 0 Å². The number of hydrogen-bond acceptors (Lipinski definition) is 3. The zero-order chi connectivity index (χ0) is 13.3. The lowest BCUT2D eigenvalue weighted by molar-refractivity contribution is -0.127. The van der Waals surface area contributed by atoms with E-state index >= 15 is 0 Å². The molecule has 0 aromatic heterocycles. The minimum atomic E-state index is -0.438. The van der Waals surface area contributed by atoms with Crippen LogP contribution in [0.15, 0.2) is 18.2 Å². The fourth-order valence-corrected chi connectivity index (χ4v) is 2.08. The van der Waals surface area contributed by atoms with Gasteiger partial charge in [0.15, 0.2) is 0 Å². The number of benzene rings is 1. The van der Waals surface area contributed by atoms with Crippen LogP contribution in [0.3, 0.4) is 0 Å². The number of piperazine rings is 1. The van der Waals surface area contributed by atoms with E-state index in [1.54, 1.807) is 24.0 Å². The fraction of sp³-hybridized carbons (Fsp3) is 0.385. The quantitative estimate of drug-likeness (QED) is 0.754. The van der Waals surface area contributed by atoms with Crippen molar-refractivity contribution in [3.8, 4) is 0 Å². The van der Waals surface area contributed by atoms with E-state index in [0.717, 1.165) is 5.56 Å². The van der Waals surface area contributed by atoms with Crippen LogP contribution >= 0.6 is 12.4 Å². The van der Waals surface area contributed by atoms with Crippen LogP contribution in [0.1, 0.15) is 22.8 Å². The van der Waals surface area contributed by atoms with Gasteiger partial charge < -0.3 is 16.0 Å². The molecule has 5 nitrogen and oxygen atoms in total. The molecule has 104 valence electrons. The van der Waals surface area contributed by atoms with Gasteiger partial charge in [-0.2, -0.15) is 0 Å². The molecular formula is C13H18ClN3O2. The number of nitrogens with two attached hydrogens (primary N) is 1. The number of rotatable bonds is 1. The lowest BCUT2D eigenvalue weighted by Gasteiger charge is -2.33. The van der Waals surface area contributed by atoms with Gasteiger partial charge in [-0.15, -0.1) is 12.4 Å². The number of carbonyl (C=O) groups is 2. The third kappa shape index (κ3) is 2.98. The van der Waals surface area contributed by atoms with Crippen molar-refractivity contribution in [2.24, 2.45) is 0 Å². The molecule has 1 aromatic carbocycles. The first-order chi connectivity index (χ1) is 8.50. The van der Waals surface area contributed by atoms with E-state index in [2.05, 4.69) is 5.32 Å². The highest BCUT2D eigenvalue weighted by atomic mass is 35.5. The number of hydrogen-bond donors (Lipinski definition) is 2. The van der Waals surface area contributed by atoms with Crippen molar-refractivity contribution in [2.75, 3.05) is 18.8 Å². The van der Waals surface area contributed by atoms with Crippen LogP contribution in [0.4, 0.5) is 5.69 Å². The highest BCUT2D eigenvalue weighted by molar-refractivity contribution is 5.99.